The molecule has 5 heteroatoms. The summed E-state index contributed by atoms with van der Waals surface area (Å²) < 4.78 is 15.6. The molecule has 2 aromatic heterocycles. The molecule has 0 unspecified atom stereocenters. The van der Waals surface area contributed by atoms with Gasteiger partial charge in [-0.25, -0.2) is 14.4 Å². The second-order valence-corrected chi connectivity index (χ2v) is 5.14. The SMILES string of the molecule is Nc1ccc(-c2nc3cc(F)ccc3n2C2CC2)cn1. The van der Waals surface area contributed by atoms with Gasteiger partial charge in [0, 0.05) is 23.9 Å². The Labute approximate surface area is 115 Å². The third-order valence-corrected chi connectivity index (χ3v) is 3.61. The number of imidazole rings is 1. The molecule has 2 N–H and O–H groups in total. The predicted octanol–water partition coefficient (Wildman–Crippen LogP) is 3.15. The summed E-state index contributed by atoms with van der Waals surface area (Å²) >= 11 is 0. The summed E-state index contributed by atoms with van der Waals surface area (Å²) in [5.41, 5.74) is 8.18. The molecule has 0 amide bonds. The van der Waals surface area contributed by atoms with Crippen LogP contribution in [0.4, 0.5) is 10.2 Å². The molecule has 1 aliphatic carbocycles. The molecule has 4 nitrogen and oxygen atoms in total. The van der Waals surface area contributed by atoms with Gasteiger partial charge in [0.15, 0.2) is 0 Å². The largest absolute Gasteiger partial charge is 0.384 e. The number of benzene rings is 1. The van der Waals surface area contributed by atoms with Gasteiger partial charge >= 0.3 is 0 Å². The number of nitrogen functional groups attached to an aromatic ring is 1. The molecule has 0 bridgehead atoms. The number of fused-ring (bicyclic) bond motifs is 1. The molecule has 0 radical (unpaired) electrons. The van der Waals surface area contributed by atoms with E-state index in [2.05, 4.69) is 14.5 Å². The number of hydrogen-bond acceptors (Lipinski definition) is 3. The van der Waals surface area contributed by atoms with Crippen LogP contribution in [0.1, 0.15) is 18.9 Å². The van der Waals surface area contributed by atoms with Crippen LogP contribution in [0.2, 0.25) is 0 Å². The molecule has 20 heavy (non-hydrogen) atoms. The molecule has 0 saturated heterocycles. The molecule has 0 aliphatic heterocycles. The summed E-state index contributed by atoms with van der Waals surface area (Å²) in [4.78, 5) is 8.69. The Bertz CT molecular complexity index is 787. The number of halogens is 1. The van der Waals surface area contributed by atoms with Gasteiger partial charge in [0.25, 0.3) is 0 Å². The van der Waals surface area contributed by atoms with Crippen LogP contribution in [0.25, 0.3) is 22.4 Å². The van der Waals surface area contributed by atoms with Crippen molar-refractivity contribution in [3.8, 4) is 11.4 Å². The lowest BCUT2D eigenvalue weighted by Crippen LogP contribution is -1.98. The van der Waals surface area contributed by atoms with Crippen LogP contribution >= 0.6 is 0 Å². The van der Waals surface area contributed by atoms with E-state index in [1.54, 1.807) is 18.3 Å². The normalized spacial score (nSPS) is 14.8. The summed E-state index contributed by atoms with van der Waals surface area (Å²) in [6.07, 6.45) is 3.99. The molecule has 1 fully saturated rings. The molecular weight excluding hydrogens is 255 g/mol. The van der Waals surface area contributed by atoms with E-state index in [1.807, 2.05) is 6.07 Å². The molecule has 1 aliphatic rings. The lowest BCUT2D eigenvalue weighted by atomic mass is 10.2. The first-order chi connectivity index (χ1) is 9.72. The Morgan fingerprint density at radius 2 is 2.05 bits per heavy atom. The van der Waals surface area contributed by atoms with Crippen molar-refractivity contribution in [3.63, 3.8) is 0 Å². The third kappa shape index (κ3) is 1.74. The van der Waals surface area contributed by atoms with Gasteiger partial charge in [-0.2, -0.15) is 0 Å². The summed E-state index contributed by atoms with van der Waals surface area (Å²) in [6, 6.07) is 8.87. The van der Waals surface area contributed by atoms with Crippen molar-refractivity contribution in [1.29, 1.82) is 0 Å². The number of aromatic nitrogens is 3. The summed E-state index contributed by atoms with van der Waals surface area (Å²) in [6.45, 7) is 0. The molecule has 4 rings (SSSR count). The second-order valence-electron chi connectivity index (χ2n) is 5.14. The Morgan fingerprint density at radius 1 is 1.20 bits per heavy atom. The Hall–Kier alpha value is -2.43. The number of rotatable bonds is 2. The fourth-order valence-electron chi connectivity index (χ4n) is 2.52. The van der Waals surface area contributed by atoms with Gasteiger partial charge in [-0.05, 0) is 37.1 Å². The van der Waals surface area contributed by atoms with Crippen molar-refractivity contribution < 1.29 is 4.39 Å². The zero-order valence-corrected chi connectivity index (χ0v) is 10.8. The molecule has 2 heterocycles. The van der Waals surface area contributed by atoms with E-state index in [-0.39, 0.29) is 5.82 Å². The van der Waals surface area contributed by atoms with Gasteiger partial charge in [-0.1, -0.05) is 0 Å². The number of anilines is 1. The minimum Gasteiger partial charge on any atom is -0.384 e. The molecule has 0 spiro atoms. The van der Waals surface area contributed by atoms with Crippen molar-refractivity contribution in [2.75, 3.05) is 5.73 Å². The number of nitrogens with zero attached hydrogens (tertiary/aromatic N) is 3. The van der Waals surface area contributed by atoms with Crippen LogP contribution in [-0.2, 0) is 0 Å². The fraction of sp³-hybridized carbons (Fsp3) is 0.200. The van der Waals surface area contributed by atoms with Crippen molar-refractivity contribution in [1.82, 2.24) is 14.5 Å². The average Bonchev–Trinajstić information content (AvgIpc) is 3.20. The van der Waals surface area contributed by atoms with Crippen LogP contribution < -0.4 is 5.73 Å². The third-order valence-electron chi connectivity index (χ3n) is 3.61. The van der Waals surface area contributed by atoms with E-state index in [4.69, 9.17) is 5.73 Å². The quantitative estimate of drug-likeness (QED) is 0.776. The topological polar surface area (TPSA) is 56.7 Å². The highest BCUT2D eigenvalue weighted by Crippen LogP contribution is 2.41. The van der Waals surface area contributed by atoms with Crippen LogP contribution in [0, 0.1) is 5.82 Å². The van der Waals surface area contributed by atoms with E-state index in [0.717, 1.165) is 29.7 Å². The summed E-state index contributed by atoms with van der Waals surface area (Å²) in [5.74, 6) is 1.05. The van der Waals surface area contributed by atoms with E-state index < -0.39 is 0 Å². The fourth-order valence-corrected chi connectivity index (χ4v) is 2.52. The second kappa shape index (κ2) is 4.03. The minimum absolute atomic E-state index is 0.264. The zero-order chi connectivity index (χ0) is 13.7. The maximum atomic E-state index is 13.4. The first-order valence-corrected chi connectivity index (χ1v) is 6.62. The van der Waals surface area contributed by atoms with E-state index in [0.29, 0.717) is 17.4 Å². The van der Waals surface area contributed by atoms with Gasteiger partial charge in [0.05, 0.1) is 11.0 Å². The van der Waals surface area contributed by atoms with Crippen LogP contribution in [0.3, 0.4) is 0 Å². The smallest absolute Gasteiger partial charge is 0.142 e. The maximum Gasteiger partial charge on any atom is 0.142 e. The Kier molecular flexibility index (Phi) is 2.30. The molecule has 100 valence electrons. The van der Waals surface area contributed by atoms with Crippen LogP contribution in [0.5, 0.6) is 0 Å². The predicted molar refractivity (Wildman–Crippen MR) is 75.6 cm³/mol. The van der Waals surface area contributed by atoms with E-state index in [9.17, 15) is 4.39 Å². The van der Waals surface area contributed by atoms with Gasteiger partial charge in [-0.3, -0.25) is 0 Å². The molecule has 1 aromatic carbocycles. The summed E-state index contributed by atoms with van der Waals surface area (Å²) in [5, 5.41) is 0. The first kappa shape index (κ1) is 11.4. The van der Waals surface area contributed by atoms with Crippen LogP contribution in [-0.4, -0.2) is 14.5 Å². The van der Waals surface area contributed by atoms with Gasteiger partial charge in [0.1, 0.15) is 17.5 Å². The molecular formula is C15H13FN4. The highest BCUT2D eigenvalue weighted by atomic mass is 19.1. The number of nitrogens with two attached hydrogens (primary N) is 1. The van der Waals surface area contributed by atoms with Crippen LogP contribution in [0.15, 0.2) is 36.5 Å². The van der Waals surface area contributed by atoms with Gasteiger partial charge < -0.3 is 10.3 Å². The molecule has 3 aromatic rings. The maximum absolute atomic E-state index is 13.4. The highest BCUT2D eigenvalue weighted by molar-refractivity contribution is 5.81. The zero-order valence-electron chi connectivity index (χ0n) is 10.8. The van der Waals surface area contributed by atoms with Gasteiger partial charge in [0.2, 0.25) is 0 Å². The van der Waals surface area contributed by atoms with Crippen molar-refractivity contribution in [2.45, 2.75) is 18.9 Å². The van der Waals surface area contributed by atoms with E-state index >= 15 is 0 Å². The van der Waals surface area contributed by atoms with E-state index in [1.165, 1.54) is 12.1 Å². The molecule has 1 saturated carbocycles. The number of pyridine rings is 1. The molecule has 0 atom stereocenters. The lowest BCUT2D eigenvalue weighted by Gasteiger charge is -2.07. The van der Waals surface area contributed by atoms with Gasteiger partial charge in [-0.15, -0.1) is 0 Å². The number of hydrogen-bond donors (Lipinski definition) is 1. The lowest BCUT2D eigenvalue weighted by molar-refractivity contribution is 0.629. The Balaban J connectivity index is 1.97. The first-order valence-electron chi connectivity index (χ1n) is 6.62. The van der Waals surface area contributed by atoms with Crippen molar-refractivity contribution in [2.24, 2.45) is 0 Å². The highest BCUT2D eigenvalue weighted by Gasteiger charge is 2.28. The van der Waals surface area contributed by atoms with Crippen molar-refractivity contribution >= 4 is 16.9 Å². The standard InChI is InChI=1S/C15H13FN4/c16-10-2-5-13-12(7-10)19-15(20(13)11-3-4-11)9-1-6-14(17)18-8-9/h1-2,5-8,11H,3-4H2,(H2,17,18). The minimum atomic E-state index is -0.264. The Morgan fingerprint density at radius 3 is 2.75 bits per heavy atom. The summed E-state index contributed by atoms with van der Waals surface area (Å²) in [7, 11) is 0. The van der Waals surface area contributed by atoms with Crippen molar-refractivity contribution in [3.05, 3.63) is 42.3 Å². The monoisotopic (exact) mass is 268 g/mol. The average molecular weight is 268 g/mol.